The first-order chi connectivity index (χ1) is 5.66. The third-order valence-corrected chi connectivity index (χ3v) is 1.23. The Morgan fingerprint density at radius 1 is 1.50 bits per heavy atom. The van der Waals surface area contributed by atoms with Crippen molar-refractivity contribution in [3.8, 4) is 0 Å². The fraction of sp³-hybridized carbons (Fsp3) is 0.857. The Morgan fingerprint density at radius 3 is 2.67 bits per heavy atom. The van der Waals surface area contributed by atoms with Gasteiger partial charge in [-0.2, -0.15) is 0 Å². The molecule has 1 unspecified atom stereocenters. The molecular weight excluding hydrogens is 162 g/mol. The molecule has 0 aliphatic rings. The topological polar surface area (TPSA) is 70.8 Å². The highest BCUT2D eigenvalue weighted by atomic mass is 16.6. The zero-order valence-corrected chi connectivity index (χ0v) is 7.41. The summed E-state index contributed by atoms with van der Waals surface area (Å²) in [6.45, 7) is 2.90. The summed E-state index contributed by atoms with van der Waals surface area (Å²) in [5.41, 5.74) is 4.72. The summed E-state index contributed by atoms with van der Waals surface area (Å²) in [6.07, 6.45) is -0.725. The highest BCUT2D eigenvalue weighted by Crippen LogP contribution is 1.88. The first-order valence-corrected chi connectivity index (χ1v) is 3.69. The van der Waals surface area contributed by atoms with Gasteiger partial charge >= 0.3 is 6.09 Å². The van der Waals surface area contributed by atoms with E-state index in [0.717, 1.165) is 0 Å². The number of methoxy groups -OCH3 is 1. The fourth-order valence-electron chi connectivity index (χ4n) is 0.519. The van der Waals surface area contributed by atoms with Gasteiger partial charge in [0.25, 0.3) is 0 Å². The van der Waals surface area contributed by atoms with Gasteiger partial charge in [-0.1, -0.05) is 0 Å². The molecule has 0 saturated carbocycles. The van der Waals surface area contributed by atoms with Crippen LogP contribution in [0.2, 0.25) is 0 Å². The van der Waals surface area contributed by atoms with Crippen molar-refractivity contribution < 1.29 is 19.0 Å². The van der Waals surface area contributed by atoms with Gasteiger partial charge in [-0.25, -0.2) is 4.79 Å². The van der Waals surface area contributed by atoms with Crippen molar-refractivity contribution in [3.05, 3.63) is 0 Å². The largest absolute Gasteiger partial charge is 0.447 e. The summed E-state index contributed by atoms with van der Waals surface area (Å²) in [5, 5.41) is 0. The predicted molar refractivity (Wildman–Crippen MR) is 42.8 cm³/mol. The zero-order valence-electron chi connectivity index (χ0n) is 7.41. The predicted octanol–water partition coefficient (Wildman–Crippen LogP) is 0.133. The number of nitrogens with two attached hydrogens (primary N) is 1. The molecule has 0 fully saturated rings. The van der Waals surface area contributed by atoms with Gasteiger partial charge < -0.3 is 19.9 Å². The average molecular weight is 177 g/mol. The summed E-state index contributed by atoms with van der Waals surface area (Å²) in [7, 11) is 1.61. The van der Waals surface area contributed by atoms with Gasteiger partial charge in [0.2, 0.25) is 0 Å². The number of hydrogen-bond acceptors (Lipinski definition) is 4. The molecule has 5 nitrogen and oxygen atoms in total. The van der Waals surface area contributed by atoms with Crippen molar-refractivity contribution in [1.29, 1.82) is 0 Å². The van der Waals surface area contributed by atoms with Crippen LogP contribution >= 0.6 is 0 Å². The number of ether oxygens (including phenoxy) is 3. The molecule has 1 amide bonds. The summed E-state index contributed by atoms with van der Waals surface area (Å²) in [5.74, 6) is 0. The fourth-order valence-corrected chi connectivity index (χ4v) is 0.519. The van der Waals surface area contributed by atoms with Crippen molar-refractivity contribution >= 4 is 6.09 Å². The van der Waals surface area contributed by atoms with E-state index in [1.54, 1.807) is 7.11 Å². The van der Waals surface area contributed by atoms with Crippen LogP contribution in [0.5, 0.6) is 0 Å². The van der Waals surface area contributed by atoms with E-state index in [4.69, 9.17) is 15.2 Å². The van der Waals surface area contributed by atoms with E-state index < -0.39 is 6.09 Å². The maximum atomic E-state index is 10.1. The molecule has 0 bridgehead atoms. The molecule has 5 heteroatoms. The van der Waals surface area contributed by atoms with Gasteiger partial charge in [0.05, 0.1) is 19.3 Å². The number of primary amides is 1. The van der Waals surface area contributed by atoms with Crippen LogP contribution in [0.3, 0.4) is 0 Å². The van der Waals surface area contributed by atoms with Gasteiger partial charge in [-0.05, 0) is 6.92 Å². The Kier molecular flexibility index (Phi) is 6.41. The number of rotatable bonds is 6. The molecular formula is C7H15NO4. The highest BCUT2D eigenvalue weighted by Gasteiger charge is 1.98. The Balaban J connectivity index is 3.05. The summed E-state index contributed by atoms with van der Waals surface area (Å²) < 4.78 is 14.4. The van der Waals surface area contributed by atoms with Gasteiger partial charge in [0, 0.05) is 7.11 Å². The van der Waals surface area contributed by atoms with Crippen molar-refractivity contribution in [1.82, 2.24) is 0 Å². The first kappa shape index (κ1) is 11.2. The van der Waals surface area contributed by atoms with E-state index >= 15 is 0 Å². The monoisotopic (exact) mass is 177 g/mol. The summed E-state index contributed by atoms with van der Waals surface area (Å²) in [4.78, 5) is 10.1. The van der Waals surface area contributed by atoms with Crippen LogP contribution in [-0.4, -0.2) is 39.1 Å². The molecule has 2 N–H and O–H groups in total. The van der Waals surface area contributed by atoms with E-state index in [9.17, 15) is 4.79 Å². The lowest BCUT2D eigenvalue weighted by Crippen LogP contribution is -2.19. The van der Waals surface area contributed by atoms with Crippen molar-refractivity contribution in [2.24, 2.45) is 5.73 Å². The first-order valence-electron chi connectivity index (χ1n) is 3.69. The Morgan fingerprint density at radius 2 is 2.17 bits per heavy atom. The van der Waals surface area contributed by atoms with Crippen LogP contribution < -0.4 is 5.73 Å². The van der Waals surface area contributed by atoms with E-state index in [0.29, 0.717) is 13.2 Å². The van der Waals surface area contributed by atoms with Crippen LogP contribution in [0.15, 0.2) is 0 Å². The highest BCUT2D eigenvalue weighted by molar-refractivity contribution is 5.64. The van der Waals surface area contributed by atoms with Gasteiger partial charge in [-0.15, -0.1) is 0 Å². The minimum Gasteiger partial charge on any atom is -0.447 e. The quantitative estimate of drug-likeness (QED) is 0.585. The molecule has 1 atom stereocenters. The van der Waals surface area contributed by atoms with Crippen molar-refractivity contribution in [2.45, 2.75) is 13.0 Å². The smallest absolute Gasteiger partial charge is 0.404 e. The van der Waals surface area contributed by atoms with Crippen LogP contribution in [0.4, 0.5) is 4.79 Å². The molecule has 0 radical (unpaired) electrons. The molecule has 12 heavy (non-hydrogen) atoms. The SMILES string of the molecule is COC(C)COCCOC(N)=O. The Hall–Kier alpha value is -0.810. The maximum absolute atomic E-state index is 10.1. The third kappa shape index (κ3) is 7.30. The second kappa shape index (κ2) is 6.87. The van der Waals surface area contributed by atoms with Crippen LogP contribution in [0.25, 0.3) is 0 Å². The van der Waals surface area contributed by atoms with Crippen LogP contribution in [0.1, 0.15) is 6.92 Å². The zero-order chi connectivity index (χ0) is 9.40. The number of carbonyl (C=O) groups is 1. The lowest BCUT2D eigenvalue weighted by molar-refractivity contribution is 0.00477. The third-order valence-electron chi connectivity index (χ3n) is 1.23. The molecule has 0 aromatic rings. The minimum atomic E-state index is -0.779. The Bertz CT molecular complexity index is 129. The normalized spacial score (nSPS) is 12.5. The molecule has 72 valence electrons. The lowest BCUT2D eigenvalue weighted by atomic mass is 10.4. The number of carbonyl (C=O) groups excluding carboxylic acids is 1. The van der Waals surface area contributed by atoms with Crippen LogP contribution in [0, 0.1) is 0 Å². The van der Waals surface area contributed by atoms with Crippen LogP contribution in [-0.2, 0) is 14.2 Å². The number of amides is 1. The second-order valence-electron chi connectivity index (χ2n) is 2.29. The second-order valence-corrected chi connectivity index (χ2v) is 2.29. The summed E-state index contributed by atoms with van der Waals surface area (Å²) >= 11 is 0. The molecule has 0 aromatic carbocycles. The number of hydrogen-bond donors (Lipinski definition) is 1. The minimum absolute atomic E-state index is 0.0542. The molecule has 0 saturated heterocycles. The molecule has 0 rings (SSSR count). The molecule has 0 aliphatic heterocycles. The van der Waals surface area contributed by atoms with Gasteiger partial charge in [0.1, 0.15) is 6.61 Å². The standard InChI is InChI=1S/C7H15NO4/c1-6(10-2)5-11-3-4-12-7(8)9/h6H,3-5H2,1-2H3,(H2,8,9). The molecule has 0 heterocycles. The summed E-state index contributed by atoms with van der Waals surface area (Å²) in [6, 6.07) is 0. The molecule has 0 aliphatic carbocycles. The molecule has 0 aromatic heterocycles. The van der Waals surface area contributed by atoms with Gasteiger partial charge in [0.15, 0.2) is 0 Å². The van der Waals surface area contributed by atoms with E-state index in [1.807, 2.05) is 6.92 Å². The maximum Gasteiger partial charge on any atom is 0.404 e. The van der Waals surface area contributed by atoms with Crippen molar-refractivity contribution in [3.63, 3.8) is 0 Å². The average Bonchev–Trinajstić information content (AvgIpc) is 2.03. The van der Waals surface area contributed by atoms with Gasteiger partial charge in [-0.3, -0.25) is 0 Å². The van der Waals surface area contributed by atoms with E-state index in [2.05, 4.69) is 4.74 Å². The molecule has 0 spiro atoms. The van der Waals surface area contributed by atoms with E-state index in [1.165, 1.54) is 0 Å². The van der Waals surface area contributed by atoms with E-state index in [-0.39, 0.29) is 12.7 Å². The Labute approximate surface area is 71.8 Å². The lowest BCUT2D eigenvalue weighted by Gasteiger charge is -2.09. The van der Waals surface area contributed by atoms with Crippen molar-refractivity contribution in [2.75, 3.05) is 26.9 Å².